The molecule has 2 aromatic rings. The summed E-state index contributed by atoms with van der Waals surface area (Å²) in [5, 5.41) is 5.76. The Kier molecular flexibility index (Phi) is 6.24. The summed E-state index contributed by atoms with van der Waals surface area (Å²) >= 11 is 1.41. The Hall–Kier alpha value is -2.67. The van der Waals surface area contributed by atoms with Gasteiger partial charge in [0.15, 0.2) is 0 Å². The molecule has 0 unspecified atom stereocenters. The van der Waals surface area contributed by atoms with Gasteiger partial charge in [-0.2, -0.15) is 0 Å². The minimum absolute atomic E-state index is 0.0712. The van der Waals surface area contributed by atoms with E-state index in [-0.39, 0.29) is 23.5 Å². The highest BCUT2D eigenvalue weighted by Gasteiger charge is 2.29. The first-order valence-corrected chi connectivity index (χ1v) is 9.62. The van der Waals surface area contributed by atoms with Gasteiger partial charge in [-0.3, -0.25) is 9.59 Å². The van der Waals surface area contributed by atoms with Gasteiger partial charge >= 0.3 is 0 Å². The molecule has 1 aliphatic carbocycles. The van der Waals surface area contributed by atoms with Gasteiger partial charge in [-0.25, -0.2) is 0 Å². The third kappa shape index (κ3) is 5.65. The van der Waals surface area contributed by atoms with Gasteiger partial charge < -0.3 is 20.1 Å². The van der Waals surface area contributed by atoms with E-state index in [4.69, 9.17) is 9.47 Å². The van der Waals surface area contributed by atoms with Crippen LogP contribution in [0.1, 0.15) is 12.8 Å². The number of ether oxygens (including phenoxy) is 2. The number of rotatable bonds is 8. The molecule has 6 nitrogen and oxygen atoms in total. The monoisotopic (exact) mass is 386 g/mol. The number of hydrogen-bond donors (Lipinski definition) is 2. The topological polar surface area (TPSA) is 76.7 Å². The normalized spacial score (nSPS) is 13.0. The lowest BCUT2D eigenvalue weighted by molar-refractivity contribution is -0.117. The average Bonchev–Trinajstić information content (AvgIpc) is 3.51. The first kappa shape index (κ1) is 19.1. The summed E-state index contributed by atoms with van der Waals surface area (Å²) in [6.07, 6.45) is 1.94. The molecule has 0 radical (unpaired) electrons. The number of carbonyl (C=O) groups is 2. The van der Waals surface area contributed by atoms with Crippen molar-refractivity contribution in [2.45, 2.75) is 17.7 Å². The zero-order valence-electron chi connectivity index (χ0n) is 15.3. The third-order valence-corrected chi connectivity index (χ3v) is 5.05. The van der Waals surface area contributed by atoms with Crippen LogP contribution in [0.25, 0.3) is 0 Å². The molecule has 2 amide bonds. The second-order valence-electron chi connectivity index (χ2n) is 6.23. The molecule has 0 heterocycles. The van der Waals surface area contributed by atoms with Crippen LogP contribution in [0.2, 0.25) is 0 Å². The first-order valence-electron chi connectivity index (χ1n) is 8.64. The lowest BCUT2D eigenvalue weighted by Gasteiger charge is -2.10. The predicted molar refractivity (Wildman–Crippen MR) is 107 cm³/mol. The quantitative estimate of drug-likeness (QED) is 0.675. The largest absolute Gasteiger partial charge is 0.497 e. The van der Waals surface area contributed by atoms with Gasteiger partial charge in [0.1, 0.15) is 11.5 Å². The Balaban J connectivity index is 1.55. The van der Waals surface area contributed by atoms with Crippen LogP contribution in [-0.4, -0.2) is 31.8 Å². The molecule has 0 atom stereocenters. The van der Waals surface area contributed by atoms with E-state index in [1.54, 1.807) is 32.4 Å². The van der Waals surface area contributed by atoms with Crippen LogP contribution in [0.5, 0.6) is 11.5 Å². The number of methoxy groups -OCH3 is 2. The fourth-order valence-corrected chi connectivity index (χ4v) is 3.23. The zero-order valence-corrected chi connectivity index (χ0v) is 16.1. The van der Waals surface area contributed by atoms with E-state index in [0.29, 0.717) is 17.2 Å². The van der Waals surface area contributed by atoms with E-state index in [1.807, 2.05) is 24.3 Å². The fraction of sp³-hybridized carbons (Fsp3) is 0.300. The molecule has 2 N–H and O–H groups in total. The van der Waals surface area contributed by atoms with Crippen molar-refractivity contribution in [1.82, 2.24) is 0 Å². The zero-order chi connectivity index (χ0) is 19.2. The molecule has 0 saturated heterocycles. The van der Waals surface area contributed by atoms with Gasteiger partial charge in [-0.15, -0.1) is 11.8 Å². The van der Waals surface area contributed by atoms with E-state index in [9.17, 15) is 9.59 Å². The van der Waals surface area contributed by atoms with Crippen LogP contribution >= 0.6 is 11.8 Å². The Bertz CT molecular complexity index is 814. The van der Waals surface area contributed by atoms with Crippen LogP contribution < -0.4 is 20.1 Å². The number of carbonyl (C=O) groups excluding carboxylic acids is 2. The summed E-state index contributed by atoms with van der Waals surface area (Å²) in [6.45, 7) is 0. The van der Waals surface area contributed by atoms with Gasteiger partial charge in [0.25, 0.3) is 0 Å². The molecule has 1 fully saturated rings. The van der Waals surface area contributed by atoms with Crippen LogP contribution in [0.3, 0.4) is 0 Å². The van der Waals surface area contributed by atoms with Crippen molar-refractivity contribution in [3.05, 3.63) is 42.5 Å². The fourth-order valence-electron chi connectivity index (χ4n) is 2.48. The van der Waals surface area contributed by atoms with Crippen molar-refractivity contribution < 1.29 is 19.1 Å². The first-order chi connectivity index (χ1) is 13.1. The maximum Gasteiger partial charge on any atom is 0.234 e. The lowest BCUT2D eigenvalue weighted by Crippen LogP contribution is -2.14. The SMILES string of the molecule is COc1cc(NC(=O)CSc2cccc(NC(=O)C3CC3)c2)cc(OC)c1. The van der Waals surface area contributed by atoms with Crippen molar-refractivity contribution in [3.8, 4) is 11.5 Å². The smallest absolute Gasteiger partial charge is 0.234 e. The Morgan fingerprint density at radius 1 is 1.00 bits per heavy atom. The number of nitrogens with one attached hydrogen (secondary N) is 2. The number of anilines is 2. The van der Waals surface area contributed by atoms with Gasteiger partial charge in [-0.1, -0.05) is 6.07 Å². The van der Waals surface area contributed by atoms with E-state index in [0.717, 1.165) is 23.4 Å². The number of hydrogen-bond acceptors (Lipinski definition) is 5. The van der Waals surface area contributed by atoms with Gasteiger partial charge in [0, 0.05) is 40.4 Å². The number of thioether (sulfide) groups is 1. The van der Waals surface area contributed by atoms with E-state index < -0.39 is 0 Å². The van der Waals surface area contributed by atoms with Crippen LogP contribution in [-0.2, 0) is 9.59 Å². The second-order valence-corrected chi connectivity index (χ2v) is 7.28. The summed E-state index contributed by atoms with van der Waals surface area (Å²) in [4.78, 5) is 25.0. The van der Waals surface area contributed by atoms with Crippen LogP contribution in [0.15, 0.2) is 47.4 Å². The van der Waals surface area contributed by atoms with Crippen molar-refractivity contribution in [3.63, 3.8) is 0 Å². The molecular formula is C20H22N2O4S. The minimum Gasteiger partial charge on any atom is -0.497 e. The summed E-state index contributed by atoms with van der Waals surface area (Å²) in [6, 6.07) is 12.7. The Labute approximate surface area is 162 Å². The summed E-state index contributed by atoms with van der Waals surface area (Å²) in [5.41, 5.74) is 1.37. The molecular weight excluding hydrogens is 364 g/mol. The Morgan fingerprint density at radius 2 is 1.70 bits per heavy atom. The lowest BCUT2D eigenvalue weighted by atomic mass is 10.2. The van der Waals surface area contributed by atoms with Crippen molar-refractivity contribution in [2.75, 3.05) is 30.6 Å². The molecule has 0 spiro atoms. The molecule has 142 valence electrons. The van der Waals surface area contributed by atoms with Gasteiger partial charge in [0.05, 0.1) is 20.0 Å². The number of benzene rings is 2. The molecule has 1 saturated carbocycles. The molecule has 2 aromatic carbocycles. The van der Waals surface area contributed by atoms with E-state index in [1.165, 1.54) is 11.8 Å². The maximum atomic E-state index is 12.3. The summed E-state index contributed by atoms with van der Waals surface area (Å²) in [5.74, 6) is 1.56. The van der Waals surface area contributed by atoms with Gasteiger partial charge in [-0.05, 0) is 31.0 Å². The highest BCUT2D eigenvalue weighted by molar-refractivity contribution is 8.00. The molecule has 0 aromatic heterocycles. The van der Waals surface area contributed by atoms with Crippen molar-refractivity contribution in [1.29, 1.82) is 0 Å². The molecule has 27 heavy (non-hydrogen) atoms. The second kappa shape index (κ2) is 8.81. The highest BCUT2D eigenvalue weighted by atomic mass is 32.2. The van der Waals surface area contributed by atoms with E-state index >= 15 is 0 Å². The predicted octanol–water partition coefficient (Wildman–Crippen LogP) is 3.78. The van der Waals surface area contributed by atoms with Crippen LogP contribution in [0, 0.1) is 5.92 Å². The molecule has 1 aliphatic rings. The molecule has 7 heteroatoms. The van der Waals surface area contributed by atoms with Gasteiger partial charge in [0.2, 0.25) is 11.8 Å². The van der Waals surface area contributed by atoms with Crippen LogP contribution in [0.4, 0.5) is 11.4 Å². The standard InChI is InChI=1S/C20H22N2O4S/c1-25-16-8-15(9-17(11-16)26-2)21-19(23)12-27-18-5-3-4-14(10-18)22-20(24)13-6-7-13/h3-5,8-11,13H,6-7,12H2,1-2H3,(H,21,23)(H,22,24). The average molecular weight is 386 g/mol. The third-order valence-electron chi connectivity index (χ3n) is 4.05. The molecule has 0 bridgehead atoms. The molecule has 3 rings (SSSR count). The molecule has 0 aliphatic heterocycles. The maximum absolute atomic E-state index is 12.3. The Morgan fingerprint density at radius 3 is 2.33 bits per heavy atom. The summed E-state index contributed by atoms with van der Waals surface area (Å²) in [7, 11) is 3.12. The van der Waals surface area contributed by atoms with E-state index in [2.05, 4.69) is 10.6 Å². The minimum atomic E-state index is -0.136. The van der Waals surface area contributed by atoms with Crippen molar-refractivity contribution in [2.24, 2.45) is 5.92 Å². The highest BCUT2D eigenvalue weighted by Crippen LogP contribution is 2.31. The number of amides is 2. The summed E-state index contributed by atoms with van der Waals surface area (Å²) < 4.78 is 10.4. The van der Waals surface area contributed by atoms with Crippen molar-refractivity contribution >= 4 is 35.0 Å².